The summed E-state index contributed by atoms with van der Waals surface area (Å²) in [5.41, 5.74) is -0.0155. The van der Waals surface area contributed by atoms with E-state index in [2.05, 4.69) is 13.8 Å². The first kappa shape index (κ1) is 17.1. The summed E-state index contributed by atoms with van der Waals surface area (Å²) in [6.45, 7) is 5.78. The average Bonchev–Trinajstić information content (AvgIpc) is 2.77. The molecule has 128 valence electrons. The van der Waals surface area contributed by atoms with Crippen LogP contribution < -0.4 is 0 Å². The third-order valence-electron chi connectivity index (χ3n) is 5.33. The van der Waals surface area contributed by atoms with Gasteiger partial charge in [-0.25, -0.2) is 12.8 Å². The molecule has 1 aromatic rings. The Labute approximate surface area is 141 Å². The molecule has 1 saturated carbocycles. The SMILES string of the molecule is COC[C@@]12CN(S(=O)(=O)c3ccc(F)c(Cl)c3)C[C@@H]1C(C)(C)C2. The highest BCUT2D eigenvalue weighted by molar-refractivity contribution is 7.89. The van der Waals surface area contributed by atoms with Gasteiger partial charge in [0.25, 0.3) is 0 Å². The van der Waals surface area contributed by atoms with Crippen LogP contribution in [0.3, 0.4) is 0 Å². The third-order valence-corrected chi connectivity index (χ3v) is 7.43. The van der Waals surface area contributed by atoms with Gasteiger partial charge in [0.05, 0.1) is 16.5 Å². The van der Waals surface area contributed by atoms with Crippen LogP contribution in [-0.4, -0.2) is 39.5 Å². The Morgan fingerprint density at radius 1 is 1.43 bits per heavy atom. The number of benzene rings is 1. The average molecular weight is 362 g/mol. The Kier molecular flexibility index (Phi) is 4.03. The second-order valence-electron chi connectivity index (χ2n) is 7.39. The summed E-state index contributed by atoms with van der Waals surface area (Å²) >= 11 is 5.74. The third kappa shape index (κ3) is 2.60. The van der Waals surface area contributed by atoms with Gasteiger partial charge in [0.15, 0.2) is 0 Å². The lowest BCUT2D eigenvalue weighted by molar-refractivity contribution is -0.106. The zero-order chi connectivity index (χ0) is 17.0. The molecule has 0 bridgehead atoms. The monoisotopic (exact) mass is 361 g/mol. The van der Waals surface area contributed by atoms with E-state index in [0.717, 1.165) is 12.5 Å². The van der Waals surface area contributed by atoms with Gasteiger partial charge in [0.1, 0.15) is 5.82 Å². The minimum Gasteiger partial charge on any atom is -0.384 e. The van der Waals surface area contributed by atoms with E-state index < -0.39 is 15.8 Å². The van der Waals surface area contributed by atoms with Gasteiger partial charge < -0.3 is 4.74 Å². The van der Waals surface area contributed by atoms with Crippen molar-refractivity contribution in [2.45, 2.75) is 25.2 Å². The molecule has 0 radical (unpaired) electrons. The van der Waals surface area contributed by atoms with Crippen LogP contribution >= 0.6 is 11.6 Å². The predicted octanol–water partition coefficient (Wildman–Crippen LogP) is 3.16. The summed E-state index contributed by atoms with van der Waals surface area (Å²) in [6.07, 6.45) is 0.939. The Morgan fingerprint density at radius 3 is 2.70 bits per heavy atom. The molecule has 3 rings (SSSR count). The van der Waals surface area contributed by atoms with E-state index in [4.69, 9.17) is 16.3 Å². The lowest BCUT2D eigenvalue weighted by Crippen LogP contribution is -2.55. The topological polar surface area (TPSA) is 46.6 Å². The van der Waals surface area contributed by atoms with Gasteiger partial charge >= 0.3 is 0 Å². The Balaban J connectivity index is 1.91. The highest BCUT2D eigenvalue weighted by atomic mass is 35.5. The zero-order valence-corrected chi connectivity index (χ0v) is 15.0. The largest absolute Gasteiger partial charge is 0.384 e. The van der Waals surface area contributed by atoms with Crippen molar-refractivity contribution in [1.29, 1.82) is 0 Å². The second kappa shape index (κ2) is 5.41. The molecule has 23 heavy (non-hydrogen) atoms. The van der Waals surface area contributed by atoms with E-state index in [1.54, 1.807) is 7.11 Å². The highest BCUT2D eigenvalue weighted by Gasteiger charge is 2.64. The van der Waals surface area contributed by atoms with E-state index >= 15 is 0 Å². The van der Waals surface area contributed by atoms with Gasteiger partial charge in [0.2, 0.25) is 10.0 Å². The molecular weight excluding hydrogens is 341 g/mol. The molecule has 0 amide bonds. The van der Waals surface area contributed by atoms with Gasteiger partial charge in [-0.15, -0.1) is 0 Å². The van der Waals surface area contributed by atoms with Crippen molar-refractivity contribution >= 4 is 21.6 Å². The van der Waals surface area contributed by atoms with Gasteiger partial charge in [-0.1, -0.05) is 25.4 Å². The summed E-state index contributed by atoms with van der Waals surface area (Å²) < 4.78 is 45.9. The molecule has 0 N–H and O–H groups in total. The summed E-state index contributed by atoms with van der Waals surface area (Å²) in [5.74, 6) is -0.357. The van der Waals surface area contributed by atoms with E-state index in [9.17, 15) is 12.8 Å². The number of methoxy groups -OCH3 is 1. The first-order chi connectivity index (χ1) is 10.6. The predicted molar refractivity (Wildman–Crippen MR) is 86.4 cm³/mol. The van der Waals surface area contributed by atoms with Crippen molar-refractivity contribution in [2.75, 3.05) is 26.8 Å². The van der Waals surface area contributed by atoms with E-state index in [1.165, 1.54) is 16.4 Å². The Hall–Kier alpha value is -0.690. The molecule has 1 saturated heterocycles. The fraction of sp³-hybridized carbons (Fsp3) is 0.625. The van der Waals surface area contributed by atoms with Crippen molar-refractivity contribution in [1.82, 2.24) is 4.31 Å². The Morgan fingerprint density at radius 2 is 2.13 bits per heavy atom. The highest BCUT2D eigenvalue weighted by Crippen LogP contribution is 2.63. The normalized spacial score (nSPS) is 30.0. The molecule has 0 unspecified atom stereocenters. The van der Waals surface area contributed by atoms with Crippen LogP contribution in [0, 0.1) is 22.6 Å². The summed E-state index contributed by atoms with van der Waals surface area (Å²) in [4.78, 5) is 0.0376. The quantitative estimate of drug-likeness (QED) is 0.827. The summed E-state index contributed by atoms with van der Waals surface area (Å²) in [7, 11) is -2.04. The van der Waals surface area contributed by atoms with Gasteiger partial charge in [-0.2, -0.15) is 4.31 Å². The van der Waals surface area contributed by atoms with Gasteiger partial charge in [-0.05, 0) is 36.0 Å². The number of sulfonamides is 1. The maximum Gasteiger partial charge on any atom is 0.243 e. The van der Waals surface area contributed by atoms with Crippen LogP contribution in [0.25, 0.3) is 0 Å². The smallest absolute Gasteiger partial charge is 0.243 e. The molecule has 0 spiro atoms. The van der Waals surface area contributed by atoms with Crippen LogP contribution in [0.15, 0.2) is 23.1 Å². The van der Waals surface area contributed by atoms with Crippen molar-refractivity contribution in [3.8, 4) is 0 Å². The number of halogens is 2. The van der Waals surface area contributed by atoms with Crippen molar-refractivity contribution in [3.05, 3.63) is 29.0 Å². The molecule has 2 fully saturated rings. The molecule has 1 aliphatic heterocycles. The molecular formula is C16H21ClFNO3S. The fourth-order valence-corrected chi connectivity index (χ4v) is 6.35. The van der Waals surface area contributed by atoms with E-state index in [-0.39, 0.29) is 26.7 Å². The molecule has 0 aromatic heterocycles. The summed E-state index contributed by atoms with van der Waals surface area (Å²) in [6, 6.07) is 3.54. The van der Waals surface area contributed by atoms with Crippen LogP contribution in [0.1, 0.15) is 20.3 Å². The second-order valence-corrected chi connectivity index (χ2v) is 9.73. The van der Waals surface area contributed by atoms with Gasteiger partial charge in [-0.3, -0.25) is 0 Å². The molecule has 2 atom stereocenters. The minimum atomic E-state index is -3.68. The van der Waals surface area contributed by atoms with Crippen LogP contribution in [0.2, 0.25) is 5.02 Å². The molecule has 1 heterocycles. The van der Waals surface area contributed by atoms with Gasteiger partial charge in [0, 0.05) is 25.6 Å². The number of nitrogens with zero attached hydrogens (tertiary/aromatic N) is 1. The molecule has 2 aliphatic rings. The standard InChI is InChI=1S/C16H21ClFNO3S/c1-15(2)8-16(10-22-3)9-19(7-14(15)16)23(20,21)11-4-5-13(18)12(17)6-11/h4-6,14H,7-10H2,1-3H3/t14-,16-/m1/s1. The maximum atomic E-state index is 13.3. The van der Waals surface area contributed by atoms with Crippen LogP contribution in [0.5, 0.6) is 0 Å². The minimum absolute atomic E-state index is 0.0376. The van der Waals surface area contributed by atoms with Crippen LogP contribution in [0.4, 0.5) is 4.39 Å². The van der Waals surface area contributed by atoms with Crippen molar-refractivity contribution in [3.63, 3.8) is 0 Å². The lowest BCUT2D eigenvalue weighted by Gasteiger charge is -2.56. The maximum absolute atomic E-state index is 13.3. The lowest BCUT2D eigenvalue weighted by atomic mass is 9.48. The number of rotatable bonds is 4. The number of hydrogen-bond acceptors (Lipinski definition) is 3. The summed E-state index contributed by atoms with van der Waals surface area (Å²) in [5, 5.41) is -0.180. The van der Waals surface area contributed by atoms with Crippen LogP contribution in [-0.2, 0) is 14.8 Å². The molecule has 7 heteroatoms. The number of ether oxygens (including phenoxy) is 1. The Bertz CT molecular complexity index is 737. The molecule has 1 aromatic carbocycles. The van der Waals surface area contributed by atoms with Crippen molar-refractivity contribution in [2.24, 2.45) is 16.7 Å². The first-order valence-electron chi connectivity index (χ1n) is 7.57. The zero-order valence-electron chi connectivity index (χ0n) is 13.5. The number of fused-ring (bicyclic) bond motifs is 1. The number of hydrogen-bond donors (Lipinski definition) is 0. The molecule has 4 nitrogen and oxygen atoms in total. The first-order valence-corrected chi connectivity index (χ1v) is 9.38. The van der Waals surface area contributed by atoms with E-state index in [1.807, 2.05) is 0 Å². The van der Waals surface area contributed by atoms with Crippen molar-refractivity contribution < 1.29 is 17.5 Å². The fourth-order valence-electron chi connectivity index (χ4n) is 4.53. The van der Waals surface area contributed by atoms with E-state index in [0.29, 0.717) is 19.7 Å². The molecule has 1 aliphatic carbocycles.